The largest absolute Gasteiger partial charge is 0.363 e. The molecule has 0 amide bonds. The highest BCUT2D eigenvalue weighted by Gasteiger charge is 2.06. The second kappa shape index (κ2) is 5.89. The molecule has 1 aromatic heterocycles. The van der Waals surface area contributed by atoms with E-state index in [1.807, 2.05) is 7.05 Å². The molecule has 1 rings (SSSR count). The first-order valence-corrected chi connectivity index (χ1v) is 6.12. The molecule has 1 aromatic rings. The van der Waals surface area contributed by atoms with E-state index in [9.17, 15) is 0 Å². The molecular weight excluding hydrogens is 214 g/mol. The van der Waals surface area contributed by atoms with E-state index >= 15 is 0 Å². The van der Waals surface area contributed by atoms with Gasteiger partial charge in [-0.3, -0.25) is 0 Å². The fourth-order valence-corrected chi connectivity index (χ4v) is 2.61. The minimum absolute atomic E-state index is 0.285. The molecule has 1 atom stereocenters. The van der Waals surface area contributed by atoms with Crippen LogP contribution in [0.15, 0.2) is 4.34 Å². The average Bonchev–Trinajstić information content (AvgIpc) is 2.62. The number of thioether (sulfide) groups is 1. The molecule has 1 unspecified atom stereocenters. The van der Waals surface area contributed by atoms with Crippen molar-refractivity contribution in [1.82, 2.24) is 10.2 Å². The first-order chi connectivity index (χ1) is 6.76. The van der Waals surface area contributed by atoms with Gasteiger partial charge < -0.3 is 5.32 Å². The van der Waals surface area contributed by atoms with Crippen LogP contribution in [0.5, 0.6) is 0 Å². The van der Waals surface area contributed by atoms with Crippen molar-refractivity contribution in [3.63, 3.8) is 0 Å². The summed E-state index contributed by atoms with van der Waals surface area (Å²) in [6, 6.07) is 0. The Balaban J connectivity index is 2.51. The van der Waals surface area contributed by atoms with E-state index < -0.39 is 0 Å². The molecule has 1 heterocycles. The maximum atomic E-state index is 4.04. The van der Waals surface area contributed by atoms with Crippen LogP contribution in [0.2, 0.25) is 0 Å². The molecule has 0 saturated heterocycles. The summed E-state index contributed by atoms with van der Waals surface area (Å²) in [6.07, 6.45) is 0.906. The standard InChI is InChI=1S/C9H13N3S2/c1-4-5-6-7(2)13-9-12-11-8(10-3)14-9/h7H,4H2,1-3H3,(H,10,11). The minimum Gasteiger partial charge on any atom is -0.363 e. The second-order valence-electron chi connectivity index (χ2n) is 2.56. The van der Waals surface area contributed by atoms with E-state index in [0.717, 1.165) is 15.9 Å². The molecule has 0 aliphatic heterocycles. The molecular formula is C9H13N3S2. The molecule has 0 aromatic carbocycles. The quantitative estimate of drug-likeness (QED) is 0.636. The smallest absolute Gasteiger partial charge is 0.206 e. The lowest BCUT2D eigenvalue weighted by atomic mass is 10.4. The third-order valence-corrected chi connectivity index (χ3v) is 3.41. The zero-order valence-corrected chi connectivity index (χ0v) is 10.1. The summed E-state index contributed by atoms with van der Waals surface area (Å²) in [5.41, 5.74) is 0. The molecule has 3 nitrogen and oxygen atoms in total. The Labute approximate surface area is 92.7 Å². The summed E-state index contributed by atoms with van der Waals surface area (Å²) in [5.74, 6) is 6.20. The van der Waals surface area contributed by atoms with Crippen molar-refractivity contribution in [1.29, 1.82) is 0 Å². The molecule has 5 heteroatoms. The maximum Gasteiger partial charge on any atom is 0.206 e. The number of hydrogen-bond acceptors (Lipinski definition) is 5. The highest BCUT2D eigenvalue weighted by Crippen LogP contribution is 2.28. The summed E-state index contributed by atoms with van der Waals surface area (Å²) >= 11 is 3.21. The normalized spacial score (nSPS) is 11.6. The van der Waals surface area contributed by atoms with Crippen LogP contribution in [0.3, 0.4) is 0 Å². The Hall–Kier alpha value is -0.730. The summed E-state index contributed by atoms with van der Waals surface area (Å²) in [4.78, 5) is 0. The van der Waals surface area contributed by atoms with Crippen LogP contribution in [0.1, 0.15) is 20.3 Å². The van der Waals surface area contributed by atoms with Gasteiger partial charge in [-0.15, -0.1) is 16.1 Å². The predicted molar refractivity (Wildman–Crippen MR) is 62.8 cm³/mol. The van der Waals surface area contributed by atoms with E-state index in [1.165, 1.54) is 0 Å². The lowest BCUT2D eigenvalue weighted by Crippen LogP contribution is -1.89. The third-order valence-electron chi connectivity index (χ3n) is 1.38. The van der Waals surface area contributed by atoms with Crippen LogP contribution in [0, 0.1) is 11.8 Å². The monoisotopic (exact) mass is 227 g/mol. The molecule has 1 N–H and O–H groups in total. The molecule has 0 bridgehead atoms. The molecule has 0 spiro atoms. The molecule has 0 saturated carbocycles. The van der Waals surface area contributed by atoms with Gasteiger partial charge in [-0.05, 0) is 6.92 Å². The fourth-order valence-electron chi connectivity index (χ4n) is 0.785. The highest BCUT2D eigenvalue weighted by molar-refractivity contribution is 8.01. The van der Waals surface area contributed by atoms with Gasteiger partial charge in [0.25, 0.3) is 0 Å². The lowest BCUT2D eigenvalue weighted by Gasteiger charge is -1.97. The summed E-state index contributed by atoms with van der Waals surface area (Å²) in [5, 5.41) is 12.1. The first-order valence-electron chi connectivity index (χ1n) is 4.42. The highest BCUT2D eigenvalue weighted by atomic mass is 32.2. The molecule has 0 aliphatic carbocycles. The van der Waals surface area contributed by atoms with Crippen LogP contribution in [0.25, 0.3) is 0 Å². The molecule has 0 fully saturated rings. The SMILES string of the molecule is CCC#CC(C)Sc1nnc(NC)s1. The fraction of sp³-hybridized carbons (Fsp3) is 0.556. The van der Waals surface area contributed by atoms with E-state index in [0.29, 0.717) is 0 Å². The number of aromatic nitrogens is 2. The zero-order valence-electron chi connectivity index (χ0n) is 8.50. The molecule has 14 heavy (non-hydrogen) atoms. The Morgan fingerprint density at radius 1 is 1.57 bits per heavy atom. The Kier molecular flexibility index (Phi) is 4.77. The number of nitrogens with one attached hydrogen (secondary N) is 1. The Morgan fingerprint density at radius 3 is 2.93 bits per heavy atom. The van der Waals surface area contributed by atoms with Gasteiger partial charge in [-0.25, -0.2) is 0 Å². The first kappa shape index (κ1) is 11.3. The van der Waals surface area contributed by atoms with Gasteiger partial charge in [0.05, 0.1) is 5.25 Å². The van der Waals surface area contributed by atoms with Crippen LogP contribution >= 0.6 is 23.1 Å². The Bertz CT molecular complexity index is 337. The second-order valence-corrected chi connectivity index (χ2v) is 5.12. The number of nitrogens with zero attached hydrogens (tertiary/aromatic N) is 2. The summed E-state index contributed by atoms with van der Waals surface area (Å²) in [7, 11) is 1.84. The Morgan fingerprint density at radius 2 is 2.36 bits per heavy atom. The van der Waals surface area contributed by atoms with E-state index in [1.54, 1.807) is 23.1 Å². The van der Waals surface area contributed by atoms with Crippen molar-refractivity contribution in [2.75, 3.05) is 12.4 Å². The van der Waals surface area contributed by atoms with Gasteiger partial charge in [-0.1, -0.05) is 35.9 Å². The molecule has 0 radical (unpaired) electrons. The van der Waals surface area contributed by atoms with Gasteiger partial charge >= 0.3 is 0 Å². The van der Waals surface area contributed by atoms with Crippen molar-refractivity contribution < 1.29 is 0 Å². The lowest BCUT2D eigenvalue weighted by molar-refractivity contribution is 1.01. The predicted octanol–water partition coefficient (Wildman–Crippen LogP) is 2.47. The van der Waals surface area contributed by atoms with Gasteiger partial charge in [0, 0.05) is 13.5 Å². The third kappa shape index (κ3) is 3.56. The van der Waals surface area contributed by atoms with Gasteiger partial charge in [0.15, 0.2) is 4.34 Å². The topological polar surface area (TPSA) is 37.8 Å². The van der Waals surface area contributed by atoms with Crippen LogP contribution in [-0.2, 0) is 0 Å². The van der Waals surface area contributed by atoms with Gasteiger partial charge in [0.1, 0.15) is 0 Å². The van der Waals surface area contributed by atoms with Crippen molar-refractivity contribution in [2.45, 2.75) is 29.9 Å². The minimum atomic E-state index is 0.285. The number of anilines is 1. The summed E-state index contributed by atoms with van der Waals surface area (Å²) in [6.45, 7) is 4.13. The zero-order chi connectivity index (χ0) is 10.4. The average molecular weight is 227 g/mol. The molecule has 0 aliphatic rings. The van der Waals surface area contributed by atoms with Gasteiger partial charge in [-0.2, -0.15) is 0 Å². The van der Waals surface area contributed by atoms with Crippen LogP contribution in [0.4, 0.5) is 5.13 Å². The van der Waals surface area contributed by atoms with E-state index in [2.05, 4.69) is 41.2 Å². The molecule has 76 valence electrons. The van der Waals surface area contributed by atoms with Gasteiger partial charge in [0.2, 0.25) is 5.13 Å². The van der Waals surface area contributed by atoms with Crippen LogP contribution < -0.4 is 5.32 Å². The summed E-state index contributed by atoms with van der Waals surface area (Å²) < 4.78 is 0.965. The van der Waals surface area contributed by atoms with Crippen LogP contribution in [-0.4, -0.2) is 22.5 Å². The van der Waals surface area contributed by atoms with Crippen molar-refractivity contribution in [2.24, 2.45) is 0 Å². The van der Waals surface area contributed by atoms with Crippen molar-refractivity contribution >= 4 is 28.2 Å². The van der Waals surface area contributed by atoms with E-state index in [4.69, 9.17) is 0 Å². The van der Waals surface area contributed by atoms with E-state index in [-0.39, 0.29) is 5.25 Å². The maximum absolute atomic E-state index is 4.04. The van der Waals surface area contributed by atoms with Crippen molar-refractivity contribution in [3.05, 3.63) is 0 Å². The van der Waals surface area contributed by atoms with Crippen molar-refractivity contribution in [3.8, 4) is 11.8 Å². The number of rotatable bonds is 3. The number of hydrogen-bond donors (Lipinski definition) is 1.